The lowest BCUT2D eigenvalue weighted by molar-refractivity contribution is 0.0677. The summed E-state index contributed by atoms with van der Waals surface area (Å²) in [6, 6.07) is 16.0. The summed E-state index contributed by atoms with van der Waals surface area (Å²) in [7, 11) is 5.96. The van der Waals surface area contributed by atoms with Gasteiger partial charge in [0.15, 0.2) is 11.6 Å². The average Bonchev–Trinajstić information content (AvgIpc) is 1.64. The van der Waals surface area contributed by atoms with E-state index in [-0.39, 0.29) is 52.8 Å². The van der Waals surface area contributed by atoms with Crippen LogP contribution < -0.4 is 31.1 Å². The third-order valence-corrected chi connectivity index (χ3v) is 16.2. The SMILES string of the molecule is C=CC[C@H]1CN(C)c2cc(C(=O)O)cc3nc(NC(=O)c4cc(C)nn4CC)n1c23.C=CC[C@H]1CN(C)c2cc(C(C)=O)cc3nc(N)n1c23.C=CC[C@H]1CN(C)c2cc(C(C)=O)cc3nc(NC(=O)c4cc(C)nn4CC)n1c23.CCn1nc(C)cc1C(=O)O. The molecule has 9 heterocycles. The lowest BCUT2D eigenvalue weighted by Crippen LogP contribution is -2.33. The molecule has 0 saturated heterocycles. The number of carboxylic acid groups (broad SMARTS) is 2. The molecule has 0 unspecified atom stereocenters. The molecule has 3 aromatic carbocycles. The summed E-state index contributed by atoms with van der Waals surface area (Å²) in [6.07, 6.45) is 7.87. The number of hydrogen-bond acceptors (Lipinski definition) is 16. The summed E-state index contributed by atoms with van der Waals surface area (Å²) in [4.78, 5) is 91.9. The Morgan fingerprint density at radius 3 is 1.18 bits per heavy atom. The molecule has 0 bridgehead atoms. The number of nitrogens with one attached hydrogen (secondary N) is 2. The van der Waals surface area contributed by atoms with Crippen LogP contribution in [0.1, 0.15) is 152 Å². The van der Waals surface area contributed by atoms with Crippen LogP contribution in [-0.2, 0) is 19.6 Å². The number of imidazole rings is 3. The maximum absolute atomic E-state index is 13.0. The molecule has 6 N–H and O–H groups in total. The zero-order chi connectivity index (χ0) is 66.0. The number of rotatable bonds is 17. The van der Waals surface area contributed by atoms with Crippen molar-refractivity contribution in [2.45, 2.75) is 112 Å². The van der Waals surface area contributed by atoms with Crippen LogP contribution in [0, 0.1) is 20.8 Å². The van der Waals surface area contributed by atoms with E-state index in [1.54, 1.807) is 60.5 Å². The van der Waals surface area contributed by atoms with Crippen molar-refractivity contribution in [3.8, 4) is 0 Å². The number of Topliss-reactive ketones (excluding diaryl/α,β-unsaturated/α-hetero) is 2. The summed E-state index contributed by atoms with van der Waals surface area (Å²) in [5.41, 5.74) is 18.4. The third-order valence-electron chi connectivity index (χ3n) is 16.2. The van der Waals surface area contributed by atoms with E-state index in [1.807, 2.05) is 102 Å². The van der Waals surface area contributed by atoms with Crippen molar-refractivity contribution < 1.29 is 39.0 Å². The van der Waals surface area contributed by atoms with Gasteiger partial charge in [-0.05, 0) is 129 Å². The normalized spacial score (nSPS) is 15.2. The first kappa shape index (κ1) is 64.8. The first-order valence-electron chi connectivity index (χ1n) is 30.0. The minimum Gasteiger partial charge on any atom is -0.478 e. The molecule has 3 atom stereocenters. The molecule has 9 aromatic rings. The maximum atomic E-state index is 13.0. The number of carbonyl (C=O) groups excluding carboxylic acids is 4. The fourth-order valence-electron chi connectivity index (χ4n) is 12.1. The number of aromatic carboxylic acids is 2. The zero-order valence-electron chi connectivity index (χ0n) is 53.3. The van der Waals surface area contributed by atoms with Gasteiger partial charge in [0.1, 0.15) is 17.1 Å². The fraction of sp³-hybridized carbons (Fsp3) is 0.354. The predicted molar refractivity (Wildman–Crippen MR) is 353 cm³/mol. The molecule has 0 radical (unpaired) electrons. The van der Waals surface area contributed by atoms with Gasteiger partial charge in [0.25, 0.3) is 11.8 Å². The van der Waals surface area contributed by atoms with E-state index in [0.29, 0.717) is 84.0 Å². The summed E-state index contributed by atoms with van der Waals surface area (Å²) in [6.45, 7) is 29.8. The monoisotopic (exact) mass is 1240 g/mol. The second-order valence-electron chi connectivity index (χ2n) is 22.8. The van der Waals surface area contributed by atoms with Crippen LogP contribution in [0.2, 0.25) is 0 Å². The van der Waals surface area contributed by atoms with Gasteiger partial charge in [-0.1, -0.05) is 18.2 Å². The average molecular weight is 1240 g/mol. The Balaban J connectivity index is 0.000000151. The standard InChI is InChI=1S/C22H26N6O2.C21H24N6O3.C15H18N4O.C7H10N2O2/c1-6-8-16-12-26(5)18-11-15(14(4)29)10-17-20(18)28(16)22(23-17)24-21(30)19-9-13(3)25-27(19)7-2;1-5-7-14-11-25(4)16-10-13(20(29)30)9-15-18(16)27(14)21(22-15)23-19(28)17-8-12(3)24-26(17)6-2;1-4-5-11-8-18(3)13-7-10(9(2)20)6-12-14(13)19(11)15(16)17-12;1-3-9-6(7(10)11)4-5(2)8-9/h6,9-11,16H,1,7-8,12H2,2-5H3,(H,23,24,30);5,8-10,14H,1,6-7,11H2,2-4H3,(H,29,30)(H,22,23,28);4,6-7,11H,1,5,8H2,2-3H3,(H2,16,17);4H,3H2,1-2H3,(H,10,11)/t16-;14-;11-;/m000./s1. The molecule has 0 spiro atoms. The highest BCUT2D eigenvalue weighted by molar-refractivity contribution is 6.08. The minimum atomic E-state index is -1.02. The smallest absolute Gasteiger partial charge is 0.354 e. The summed E-state index contributed by atoms with van der Waals surface area (Å²) in [5, 5.41) is 36.7. The zero-order valence-corrected chi connectivity index (χ0v) is 53.3. The second kappa shape index (κ2) is 26.6. The third kappa shape index (κ3) is 12.8. The molecule has 91 heavy (non-hydrogen) atoms. The lowest BCUT2D eigenvalue weighted by Gasteiger charge is -2.33. The van der Waals surface area contributed by atoms with Crippen LogP contribution in [0.3, 0.4) is 0 Å². The van der Waals surface area contributed by atoms with Gasteiger partial charge in [-0.25, -0.2) is 24.5 Å². The lowest BCUT2D eigenvalue weighted by atomic mass is 10.0. The highest BCUT2D eigenvalue weighted by Gasteiger charge is 2.33. The van der Waals surface area contributed by atoms with Crippen molar-refractivity contribution in [1.82, 2.24) is 58.0 Å². The molecule has 0 saturated carbocycles. The molecular formula is C65H78N18O8. The molecule has 6 aromatic heterocycles. The van der Waals surface area contributed by atoms with E-state index in [9.17, 15) is 33.9 Å². The molecule has 26 nitrogen and oxygen atoms in total. The van der Waals surface area contributed by atoms with Crippen LogP contribution >= 0.6 is 0 Å². The van der Waals surface area contributed by atoms with Gasteiger partial charge in [-0.3, -0.25) is 43.9 Å². The van der Waals surface area contributed by atoms with Crippen LogP contribution in [0.4, 0.5) is 34.9 Å². The number of nitrogen functional groups attached to an aromatic ring is 1. The number of benzene rings is 3. The molecular weight excluding hydrogens is 1160 g/mol. The van der Waals surface area contributed by atoms with E-state index in [0.717, 1.165) is 82.1 Å². The minimum absolute atomic E-state index is 0.00815. The number of nitrogens with two attached hydrogens (primary N) is 1. The van der Waals surface area contributed by atoms with E-state index >= 15 is 0 Å². The molecule has 3 aliphatic rings. The summed E-state index contributed by atoms with van der Waals surface area (Å²) >= 11 is 0. The Bertz CT molecular complexity index is 4200. The fourth-order valence-corrected chi connectivity index (χ4v) is 12.1. The van der Waals surface area contributed by atoms with Crippen LogP contribution in [0.5, 0.6) is 0 Å². The van der Waals surface area contributed by atoms with E-state index in [2.05, 4.69) is 74.6 Å². The van der Waals surface area contributed by atoms with Gasteiger partial charge >= 0.3 is 11.9 Å². The van der Waals surface area contributed by atoms with E-state index in [4.69, 9.17) is 15.8 Å². The number of allylic oxidation sites excluding steroid dienone is 3. The Hall–Kier alpha value is -10.7. The Morgan fingerprint density at radius 1 is 0.505 bits per heavy atom. The Labute approximate surface area is 525 Å². The van der Waals surface area contributed by atoms with Gasteiger partial charge in [0, 0.05) is 71.5 Å². The molecule has 26 heteroatoms. The number of aromatic nitrogens is 12. The Kier molecular flexibility index (Phi) is 18.9. The van der Waals surface area contributed by atoms with Gasteiger partial charge in [0.05, 0.1) is 90.9 Å². The molecule has 0 aliphatic carbocycles. The number of carboxylic acids is 2. The largest absolute Gasteiger partial charge is 0.478 e. The van der Waals surface area contributed by atoms with Crippen molar-refractivity contribution in [1.29, 1.82) is 0 Å². The van der Waals surface area contributed by atoms with Gasteiger partial charge in [-0.15, -0.1) is 19.7 Å². The maximum Gasteiger partial charge on any atom is 0.354 e. The second-order valence-corrected chi connectivity index (χ2v) is 22.8. The van der Waals surface area contributed by atoms with Crippen molar-refractivity contribution in [3.05, 3.63) is 143 Å². The van der Waals surface area contributed by atoms with Crippen molar-refractivity contribution in [3.63, 3.8) is 0 Å². The number of anilines is 6. The van der Waals surface area contributed by atoms with Crippen molar-refractivity contribution in [2.75, 3.05) is 71.8 Å². The first-order valence-corrected chi connectivity index (χ1v) is 30.0. The number of likely N-dealkylation sites (N-methyl/N-ethyl adjacent to an activating group) is 3. The number of hydrogen-bond donors (Lipinski definition) is 5. The first-order chi connectivity index (χ1) is 43.3. The molecule has 2 amide bonds. The van der Waals surface area contributed by atoms with Crippen LogP contribution in [0.25, 0.3) is 33.1 Å². The van der Waals surface area contributed by atoms with E-state index in [1.165, 1.54) is 10.7 Å². The number of aryl methyl sites for hydroxylation is 6. The molecule has 476 valence electrons. The van der Waals surface area contributed by atoms with Crippen LogP contribution in [-0.4, -0.2) is 144 Å². The van der Waals surface area contributed by atoms with Gasteiger partial charge < -0.3 is 44.3 Å². The van der Waals surface area contributed by atoms with Gasteiger partial charge in [0.2, 0.25) is 17.8 Å². The molecule has 3 aliphatic heterocycles. The number of nitrogens with zero attached hydrogens (tertiary/aromatic N) is 15. The highest BCUT2D eigenvalue weighted by atomic mass is 16.4. The quantitative estimate of drug-likeness (QED) is 0.0418. The van der Waals surface area contributed by atoms with E-state index < -0.39 is 11.9 Å². The topological polar surface area (TPSA) is 310 Å². The van der Waals surface area contributed by atoms with Gasteiger partial charge in [-0.2, -0.15) is 15.3 Å². The highest BCUT2D eigenvalue weighted by Crippen LogP contribution is 2.42. The molecule has 12 rings (SSSR count). The van der Waals surface area contributed by atoms with Crippen molar-refractivity contribution in [2.24, 2.45) is 0 Å². The summed E-state index contributed by atoms with van der Waals surface area (Å²) < 4.78 is 10.9. The van der Waals surface area contributed by atoms with Crippen molar-refractivity contribution >= 4 is 103 Å². The molecule has 0 fully saturated rings. The predicted octanol–water partition coefficient (Wildman–Crippen LogP) is 9.96. The number of carbonyl (C=O) groups is 6. The number of ketones is 2. The van der Waals surface area contributed by atoms with Crippen LogP contribution in [0.15, 0.2) is 92.6 Å². The Morgan fingerprint density at radius 2 is 0.835 bits per heavy atom. The summed E-state index contributed by atoms with van der Waals surface area (Å²) in [5.74, 6) is -1.12. The number of amides is 2.